The van der Waals surface area contributed by atoms with Crippen molar-refractivity contribution in [1.29, 1.82) is 0 Å². The lowest BCUT2D eigenvalue weighted by Crippen LogP contribution is -2.47. The molecule has 0 aliphatic carbocycles. The summed E-state index contributed by atoms with van der Waals surface area (Å²) in [6.45, 7) is 3.01. The number of imide groups is 1. The highest BCUT2D eigenvalue weighted by atomic mass is 16.2. The van der Waals surface area contributed by atoms with Gasteiger partial charge in [0.1, 0.15) is 5.82 Å². The van der Waals surface area contributed by atoms with Gasteiger partial charge in [0.25, 0.3) is 5.91 Å². The van der Waals surface area contributed by atoms with Crippen LogP contribution in [0, 0.1) is 0 Å². The lowest BCUT2D eigenvalue weighted by atomic mass is 10.1. The highest BCUT2D eigenvalue weighted by Gasteiger charge is 2.26. The summed E-state index contributed by atoms with van der Waals surface area (Å²) in [5, 5.41) is 10.1. The number of pyridine rings is 1. The second-order valence-corrected chi connectivity index (χ2v) is 8.56. The number of rotatable bonds is 5. The Morgan fingerprint density at radius 2 is 1.69 bits per heavy atom. The molecule has 0 atom stereocenters. The third kappa shape index (κ3) is 4.22. The number of hydrogen-bond donors (Lipinski definition) is 2. The Labute approximate surface area is 206 Å². The van der Waals surface area contributed by atoms with Crippen LogP contribution in [0.3, 0.4) is 0 Å². The highest BCUT2D eigenvalue weighted by Crippen LogP contribution is 2.25. The third-order valence-corrected chi connectivity index (χ3v) is 6.17. The maximum atomic E-state index is 12.1. The first-order valence-corrected chi connectivity index (χ1v) is 11.7. The summed E-state index contributed by atoms with van der Waals surface area (Å²) in [5.74, 6) is 1.32. The van der Waals surface area contributed by atoms with Gasteiger partial charge in [0.05, 0.1) is 12.6 Å². The number of piperazine rings is 1. The summed E-state index contributed by atoms with van der Waals surface area (Å²) in [5.41, 5.74) is 2.43. The number of fused-ring (bicyclic) bond motifs is 1. The molecule has 1 aromatic carbocycles. The van der Waals surface area contributed by atoms with Crippen molar-refractivity contribution in [2.45, 2.75) is 6.42 Å². The molecule has 2 saturated heterocycles. The van der Waals surface area contributed by atoms with E-state index in [4.69, 9.17) is 9.97 Å². The summed E-state index contributed by atoms with van der Waals surface area (Å²) in [6, 6.07) is 15.6. The molecular formula is C25H23N9O2. The van der Waals surface area contributed by atoms with Crippen molar-refractivity contribution < 1.29 is 9.59 Å². The van der Waals surface area contributed by atoms with E-state index in [0.29, 0.717) is 28.7 Å². The Bertz CT molecular complexity index is 1460. The number of benzene rings is 1. The monoisotopic (exact) mass is 481 g/mol. The molecular weight excluding hydrogens is 458 g/mol. The van der Waals surface area contributed by atoms with Crippen LogP contribution in [0.4, 0.5) is 23.4 Å². The van der Waals surface area contributed by atoms with Crippen LogP contribution >= 0.6 is 0 Å². The Morgan fingerprint density at radius 3 is 2.42 bits per heavy atom. The zero-order valence-electron chi connectivity index (χ0n) is 19.3. The molecule has 2 amide bonds. The fourth-order valence-corrected chi connectivity index (χ4v) is 4.34. The maximum Gasteiger partial charge on any atom is 0.254 e. The van der Waals surface area contributed by atoms with Gasteiger partial charge in [-0.15, -0.1) is 0 Å². The van der Waals surface area contributed by atoms with Gasteiger partial charge >= 0.3 is 0 Å². The molecule has 11 heteroatoms. The first-order chi connectivity index (χ1) is 17.6. The van der Waals surface area contributed by atoms with Gasteiger partial charge in [-0.25, -0.2) is 4.98 Å². The summed E-state index contributed by atoms with van der Waals surface area (Å²) < 4.78 is 1.61. The summed E-state index contributed by atoms with van der Waals surface area (Å²) in [6.07, 6.45) is 5.14. The van der Waals surface area contributed by atoms with Crippen LogP contribution in [0.5, 0.6) is 0 Å². The van der Waals surface area contributed by atoms with Crippen LogP contribution < -0.4 is 20.4 Å². The van der Waals surface area contributed by atoms with E-state index in [2.05, 4.69) is 30.5 Å². The van der Waals surface area contributed by atoms with E-state index in [1.807, 2.05) is 48.5 Å². The molecule has 2 aliphatic rings. The van der Waals surface area contributed by atoms with Gasteiger partial charge in [-0.05, 0) is 30.3 Å². The van der Waals surface area contributed by atoms with Crippen molar-refractivity contribution in [3.63, 3.8) is 0 Å². The molecule has 5 heterocycles. The van der Waals surface area contributed by atoms with Gasteiger partial charge in [-0.1, -0.05) is 24.3 Å². The molecule has 0 saturated carbocycles. The number of hydrogen-bond acceptors (Lipinski definition) is 9. The smallest absolute Gasteiger partial charge is 0.254 e. The van der Waals surface area contributed by atoms with Gasteiger partial charge in [-0.2, -0.15) is 19.6 Å². The van der Waals surface area contributed by atoms with Crippen molar-refractivity contribution >= 4 is 46.9 Å². The lowest BCUT2D eigenvalue weighted by Gasteiger charge is -2.35. The van der Waals surface area contributed by atoms with Gasteiger partial charge < -0.3 is 15.1 Å². The average Bonchev–Trinajstić information content (AvgIpc) is 3.47. The minimum absolute atomic E-state index is 0.0404. The van der Waals surface area contributed by atoms with Crippen LogP contribution in [0.1, 0.15) is 12.0 Å². The molecule has 0 bridgehead atoms. The Kier molecular flexibility index (Phi) is 5.49. The van der Waals surface area contributed by atoms with Crippen LogP contribution in [0.15, 0.2) is 66.5 Å². The van der Waals surface area contributed by atoms with Gasteiger partial charge in [0.15, 0.2) is 5.65 Å². The number of nitrogens with zero attached hydrogens (tertiary/aromatic N) is 7. The molecule has 4 aromatic rings. The van der Waals surface area contributed by atoms with Crippen LogP contribution in [-0.4, -0.2) is 62.6 Å². The van der Waals surface area contributed by atoms with Crippen molar-refractivity contribution in [3.05, 3.63) is 72.1 Å². The number of carbonyl (C=O) groups excluding carboxylic acids is 2. The van der Waals surface area contributed by atoms with Crippen LogP contribution in [-0.2, 0) is 9.59 Å². The fraction of sp³-hybridized carbons (Fsp3) is 0.200. The molecule has 2 aliphatic heterocycles. The predicted molar refractivity (Wildman–Crippen MR) is 135 cm³/mol. The minimum atomic E-state index is -0.387. The van der Waals surface area contributed by atoms with E-state index >= 15 is 0 Å². The molecule has 6 rings (SSSR count). The number of anilines is 4. The van der Waals surface area contributed by atoms with Crippen molar-refractivity contribution in [1.82, 2.24) is 29.9 Å². The number of carbonyl (C=O) groups is 2. The predicted octanol–water partition coefficient (Wildman–Crippen LogP) is 2.02. The summed E-state index contributed by atoms with van der Waals surface area (Å²) in [7, 11) is 0. The SMILES string of the molecule is O=C1CC(=Cc2cnn3c(Nc4ccccc4)nc(N4CCN(c5ccccn5)CC4)nc23)C(=O)N1. The lowest BCUT2D eigenvalue weighted by molar-refractivity contribution is -0.124. The normalized spacial score (nSPS) is 17.2. The first kappa shape index (κ1) is 21.7. The second kappa shape index (κ2) is 9.10. The van der Waals surface area contributed by atoms with Crippen molar-refractivity contribution in [2.24, 2.45) is 0 Å². The molecule has 36 heavy (non-hydrogen) atoms. The van der Waals surface area contributed by atoms with Gasteiger partial charge in [0.2, 0.25) is 17.8 Å². The van der Waals surface area contributed by atoms with Crippen molar-refractivity contribution in [2.75, 3.05) is 41.3 Å². The number of amides is 2. The topological polar surface area (TPSA) is 121 Å². The largest absolute Gasteiger partial charge is 0.353 e. The van der Waals surface area contributed by atoms with E-state index in [0.717, 1.165) is 37.7 Å². The summed E-state index contributed by atoms with van der Waals surface area (Å²) in [4.78, 5) is 42.2. The third-order valence-electron chi connectivity index (χ3n) is 6.17. The van der Waals surface area contributed by atoms with Crippen molar-refractivity contribution in [3.8, 4) is 0 Å². The Morgan fingerprint density at radius 1 is 0.917 bits per heavy atom. The van der Waals surface area contributed by atoms with E-state index < -0.39 is 0 Å². The van der Waals surface area contributed by atoms with Gasteiger partial charge in [-0.3, -0.25) is 14.9 Å². The Balaban J connectivity index is 1.35. The number of nitrogens with one attached hydrogen (secondary N) is 2. The Hall–Kier alpha value is -4.80. The molecule has 0 unspecified atom stereocenters. The minimum Gasteiger partial charge on any atom is -0.353 e. The van der Waals surface area contributed by atoms with E-state index in [1.54, 1.807) is 23.0 Å². The zero-order chi connectivity index (χ0) is 24.5. The molecule has 2 fully saturated rings. The molecule has 11 nitrogen and oxygen atoms in total. The quantitative estimate of drug-likeness (QED) is 0.326. The number of aromatic nitrogens is 5. The van der Waals surface area contributed by atoms with Crippen LogP contribution in [0.2, 0.25) is 0 Å². The van der Waals surface area contributed by atoms with Gasteiger partial charge in [0, 0.05) is 49.2 Å². The molecule has 2 N–H and O–H groups in total. The van der Waals surface area contributed by atoms with E-state index in [-0.39, 0.29) is 18.2 Å². The molecule has 0 spiro atoms. The zero-order valence-corrected chi connectivity index (χ0v) is 19.3. The second-order valence-electron chi connectivity index (χ2n) is 8.56. The maximum absolute atomic E-state index is 12.1. The highest BCUT2D eigenvalue weighted by molar-refractivity contribution is 6.15. The molecule has 180 valence electrons. The standard InChI is InChI=1S/C25H23N9O2/c35-21-15-17(23(36)29-21)14-18-16-27-34-22(18)30-24(31-25(34)28-19-6-2-1-3-7-19)33-12-10-32(11-13-33)20-8-4-5-9-26-20/h1-9,14,16H,10-13,15H2,(H,28,30,31)(H,29,35,36). The average molecular weight is 482 g/mol. The molecule has 3 aromatic heterocycles. The number of para-hydroxylation sites is 1. The van der Waals surface area contributed by atoms with Crippen LogP contribution in [0.25, 0.3) is 11.7 Å². The fourth-order valence-electron chi connectivity index (χ4n) is 4.34. The first-order valence-electron chi connectivity index (χ1n) is 11.7. The molecule has 0 radical (unpaired) electrons. The van der Waals surface area contributed by atoms with E-state index in [9.17, 15) is 9.59 Å². The summed E-state index contributed by atoms with van der Waals surface area (Å²) >= 11 is 0. The van der Waals surface area contributed by atoms with E-state index in [1.165, 1.54) is 0 Å².